The van der Waals surface area contributed by atoms with Crippen molar-refractivity contribution in [1.29, 1.82) is 0 Å². The van der Waals surface area contributed by atoms with Crippen LogP contribution in [-0.4, -0.2) is 62.3 Å². The fraction of sp³-hybridized carbons (Fsp3) is 0.500. The maximum absolute atomic E-state index is 14.1. The van der Waals surface area contributed by atoms with Crippen molar-refractivity contribution in [1.82, 2.24) is 4.90 Å². The predicted octanol–water partition coefficient (Wildman–Crippen LogP) is 1.04. The molecule has 2 atom stereocenters. The predicted molar refractivity (Wildman–Crippen MR) is 86.3 cm³/mol. The third kappa shape index (κ3) is 2.59. The van der Waals surface area contributed by atoms with Crippen molar-refractivity contribution in [2.75, 3.05) is 36.7 Å². The number of para-hydroxylation sites is 1. The van der Waals surface area contributed by atoms with E-state index in [0.29, 0.717) is 24.0 Å². The molecule has 0 spiro atoms. The first-order chi connectivity index (χ1) is 10.4. The van der Waals surface area contributed by atoms with Crippen LogP contribution in [0.3, 0.4) is 0 Å². The van der Waals surface area contributed by atoms with Crippen molar-refractivity contribution < 1.29 is 17.5 Å². The lowest BCUT2D eigenvalue weighted by Gasteiger charge is -2.25. The first-order valence-corrected chi connectivity index (χ1v) is 9.21. The Balaban J connectivity index is 1.99. The fourth-order valence-corrected chi connectivity index (χ4v) is 5.57. The Labute approximate surface area is 134 Å². The van der Waals surface area contributed by atoms with Gasteiger partial charge >= 0.3 is 0 Å². The van der Waals surface area contributed by atoms with Gasteiger partial charge in [0.25, 0.3) is 0 Å². The lowest BCUT2D eigenvalue weighted by atomic mass is 10.1. The number of methoxy groups -OCH3 is 1. The second kappa shape index (κ2) is 5.75. The van der Waals surface area contributed by atoms with Gasteiger partial charge in [-0.3, -0.25) is 0 Å². The van der Waals surface area contributed by atoms with Crippen molar-refractivity contribution in [3.8, 4) is 0 Å². The summed E-state index contributed by atoms with van der Waals surface area (Å²) < 4.78 is 43.2. The van der Waals surface area contributed by atoms with E-state index in [4.69, 9.17) is 17.0 Å². The minimum Gasteiger partial charge on any atom is -0.383 e. The van der Waals surface area contributed by atoms with Crippen molar-refractivity contribution in [2.24, 2.45) is 0 Å². The molecule has 0 radical (unpaired) electrons. The lowest BCUT2D eigenvalue weighted by Crippen LogP contribution is -2.39. The van der Waals surface area contributed by atoms with Gasteiger partial charge in [-0.15, -0.1) is 0 Å². The fourth-order valence-electron chi connectivity index (χ4n) is 3.16. The summed E-state index contributed by atoms with van der Waals surface area (Å²) in [4.78, 5) is 3.50. The van der Waals surface area contributed by atoms with Gasteiger partial charge in [0.05, 0.1) is 35.9 Å². The molecule has 1 aromatic carbocycles. The summed E-state index contributed by atoms with van der Waals surface area (Å²) in [5.74, 6) is -0.358. The Morgan fingerprint density at radius 2 is 2.00 bits per heavy atom. The first-order valence-electron chi connectivity index (χ1n) is 6.98. The van der Waals surface area contributed by atoms with Gasteiger partial charge in [-0.25, -0.2) is 12.8 Å². The Hall–Kier alpha value is -1.25. The molecule has 3 rings (SSSR count). The number of hydrogen-bond donors (Lipinski definition) is 0. The highest BCUT2D eigenvalue weighted by atomic mass is 32.2. The molecule has 22 heavy (non-hydrogen) atoms. The molecule has 5 nitrogen and oxygen atoms in total. The molecule has 2 heterocycles. The van der Waals surface area contributed by atoms with E-state index in [-0.39, 0.29) is 23.6 Å². The van der Waals surface area contributed by atoms with Crippen LogP contribution < -0.4 is 4.90 Å². The zero-order valence-electron chi connectivity index (χ0n) is 12.1. The van der Waals surface area contributed by atoms with Gasteiger partial charge in [0.2, 0.25) is 0 Å². The molecule has 120 valence electrons. The molecular formula is C14H17FN2O3S2. The summed E-state index contributed by atoms with van der Waals surface area (Å²) in [5.41, 5.74) is 0.333. The molecule has 2 fully saturated rings. The minimum absolute atomic E-state index is 0.00434. The topological polar surface area (TPSA) is 49.9 Å². The van der Waals surface area contributed by atoms with E-state index >= 15 is 0 Å². The summed E-state index contributed by atoms with van der Waals surface area (Å²) in [6.07, 6.45) is 0. The molecule has 0 aliphatic carbocycles. The minimum atomic E-state index is -3.15. The third-order valence-electron chi connectivity index (χ3n) is 4.13. The normalized spacial score (nSPS) is 26.5. The second-order valence-corrected chi connectivity index (χ2v) is 8.02. The van der Waals surface area contributed by atoms with Crippen LogP contribution in [0.1, 0.15) is 0 Å². The number of halogens is 1. The maximum atomic E-state index is 14.1. The number of benzene rings is 1. The number of hydrogen-bond acceptors (Lipinski definition) is 4. The Bertz CT molecular complexity index is 695. The molecular weight excluding hydrogens is 327 g/mol. The largest absolute Gasteiger partial charge is 0.383 e. The van der Waals surface area contributed by atoms with Gasteiger partial charge in [0.15, 0.2) is 14.9 Å². The monoisotopic (exact) mass is 344 g/mol. The zero-order chi connectivity index (χ0) is 15.9. The molecule has 2 aliphatic rings. The molecule has 1 aromatic rings. The van der Waals surface area contributed by atoms with E-state index in [2.05, 4.69) is 0 Å². The van der Waals surface area contributed by atoms with Gasteiger partial charge in [-0.2, -0.15) is 0 Å². The van der Waals surface area contributed by atoms with Gasteiger partial charge in [0.1, 0.15) is 5.82 Å². The van der Waals surface area contributed by atoms with Crippen LogP contribution in [0.4, 0.5) is 10.1 Å². The van der Waals surface area contributed by atoms with E-state index in [9.17, 15) is 12.8 Å². The van der Waals surface area contributed by atoms with E-state index in [0.717, 1.165) is 0 Å². The summed E-state index contributed by atoms with van der Waals surface area (Å²) in [6.45, 7) is 0.936. The summed E-state index contributed by atoms with van der Waals surface area (Å²) in [6, 6.07) is 5.72. The number of thiocarbonyl (C=S) groups is 1. The Morgan fingerprint density at radius 3 is 2.68 bits per heavy atom. The van der Waals surface area contributed by atoms with Gasteiger partial charge in [0, 0.05) is 13.7 Å². The molecule has 0 aromatic heterocycles. The molecule has 2 saturated heterocycles. The SMILES string of the molecule is COCCN1C(=S)N(c2ccccc2F)[C@H]2CS(=O)(=O)C[C@H]21. The molecule has 8 heteroatoms. The average molecular weight is 344 g/mol. The van der Waals surface area contributed by atoms with Crippen molar-refractivity contribution in [3.63, 3.8) is 0 Å². The third-order valence-corrected chi connectivity index (χ3v) is 6.26. The van der Waals surface area contributed by atoms with Gasteiger partial charge in [-0.1, -0.05) is 12.1 Å². The summed E-state index contributed by atoms with van der Waals surface area (Å²) in [7, 11) is -1.57. The zero-order valence-corrected chi connectivity index (χ0v) is 13.7. The average Bonchev–Trinajstić information content (AvgIpc) is 2.88. The summed E-state index contributed by atoms with van der Waals surface area (Å²) >= 11 is 5.48. The van der Waals surface area contributed by atoms with E-state index in [1.165, 1.54) is 6.07 Å². The second-order valence-electron chi connectivity index (χ2n) is 5.50. The molecule has 0 amide bonds. The highest BCUT2D eigenvalue weighted by Gasteiger charge is 2.52. The quantitative estimate of drug-likeness (QED) is 0.761. The number of ether oxygens (including phenoxy) is 1. The van der Waals surface area contributed by atoms with E-state index < -0.39 is 15.7 Å². The lowest BCUT2D eigenvalue weighted by molar-refractivity contribution is 0.169. The van der Waals surface area contributed by atoms with Crippen LogP contribution >= 0.6 is 12.2 Å². The number of rotatable bonds is 4. The van der Waals surface area contributed by atoms with E-state index in [1.54, 1.807) is 30.2 Å². The van der Waals surface area contributed by atoms with Crippen molar-refractivity contribution >= 4 is 32.9 Å². The van der Waals surface area contributed by atoms with Crippen LogP contribution in [-0.2, 0) is 14.6 Å². The van der Waals surface area contributed by atoms with Crippen LogP contribution in [0, 0.1) is 5.82 Å². The molecule has 0 saturated carbocycles. The van der Waals surface area contributed by atoms with Crippen LogP contribution in [0.25, 0.3) is 0 Å². The van der Waals surface area contributed by atoms with Crippen LogP contribution in [0.15, 0.2) is 24.3 Å². The van der Waals surface area contributed by atoms with Crippen molar-refractivity contribution in [3.05, 3.63) is 30.1 Å². The smallest absolute Gasteiger partial charge is 0.176 e. The first kappa shape index (κ1) is 15.6. The highest BCUT2D eigenvalue weighted by Crippen LogP contribution is 2.36. The highest BCUT2D eigenvalue weighted by molar-refractivity contribution is 7.91. The molecule has 0 N–H and O–H groups in total. The number of fused-ring (bicyclic) bond motifs is 1. The molecule has 2 aliphatic heterocycles. The standard InChI is InChI=1S/C14H17FN2O3S2/c1-20-7-6-16-12-8-22(18,19)9-13(12)17(14(16)21)11-5-3-2-4-10(11)15/h2-5,12-13H,6-9H2,1H3/t12-,13+/m1/s1. The van der Waals surface area contributed by atoms with Gasteiger partial charge < -0.3 is 14.5 Å². The number of nitrogens with zero attached hydrogens (tertiary/aromatic N) is 2. The summed E-state index contributed by atoms with van der Waals surface area (Å²) in [5, 5.41) is 0.465. The van der Waals surface area contributed by atoms with Crippen LogP contribution in [0.5, 0.6) is 0 Å². The Morgan fingerprint density at radius 1 is 1.32 bits per heavy atom. The molecule has 0 unspecified atom stereocenters. The maximum Gasteiger partial charge on any atom is 0.176 e. The number of anilines is 1. The molecule has 0 bridgehead atoms. The van der Waals surface area contributed by atoms with Crippen molar-refractivity contribution in [2.45, 2.75) is 12.1 Å². The Kier molecular flexibility index (Phi) is 4.09. The van der Waals surface area contributed by atoms with E-state index in [1.807, 2.05) is 4.90 Å². The number of sulfone groups is 1. The van der Waals surface area contributed by atoms with Gasteiger partial charge in [-0.05, 0) is 24.4 Å². The van der Waals surface area contributed by atoms with Crippen LogP contribution in [0.2, 0.25) is 0 Å².